The van der Waals surface area contributed by atoms with E-state index < -0.39 is 16.8 Å². The molecule has 1 heterocycles. The van der Waals surface area contributed by atoms with Crippen molar-refractivity contribution in [3.63, 3.8) is 0 Å². The Kier molecular flexibility index (Phi) is 7.43. The van der Waals surface area contributed by atoms with Crippen molar-refractivity contribution in [2.75, 3.05) is 6.61 Å². The smallest absolute Gasteiger partial charge is 0.343 e. The molecule has 3 rings (SSSR count). The number of aryl methyl sites for hydroxylation is 1. The minimum Gasteiger partial charge on any atom is -0.490 e. The zero-order chi connectivity index (χ0) is 23.8. The molecule has 0 saturated heterocycles. The Balaban J connectivity index is 1.69. The molecule has 0 bridgehead atoms. The van der Waals surface area contributed by atoms with Gasteiger partial charge >= 0.3 is 5.97 Å². The van der Waals surface area contributed by atoms with Crippen LogP contribution < -0.4 is 14.9 Å². The fourth-order valence-electron chi connectivity index (χ4n) is 2.67. The Hall–Kier alpha value is -4.60. The third-order valence-electron chi connectivity index (χ3n) is 4.34. The van der Waals surface area contributed by atoms with E-state index in [1.165, 1.54) is 42.7 Å². The fraction of sp³-hybridized carbons (Fsp3) is 0.130. The number of rotatable bonds is 8. The number of hydrogen-bond acceptors (Lipinski definition) is 8. The topological polar surface area (TPSA) is 133 Å². The summed E-state index contributed by atoms with van der Waals surface area (Å²) in [6, 6.07) is 13.2. The second-order valence-electron chi connectivity index (χ2n) is 6.72. The molecule has 0 aliphatic carbocycles. The van der Waals surface area contributed by atoms with E-state index in [1.54, 1.807) is 31.2 Å². The summed E-state index contributed by atoms with van der Waals surface area (Å²) in [6.07, 6.45) is 2.88. The van der Waals surface area contributed by atoms with Gasteiger partial charge in [0.05, 0.1) is 28.9 Å². The molecule has 1 amide bonds. The number of amides is 1. The number of carbonyl (C=O) groups excluding carboxylic acids is 2. The van der Waals surface area contributed by atoms with Crippen LogP contribution in [0.4, 0.5) is 5.69 Å². The maximum absolute atomic E-state index is 12.4. The Morgan fingerprint density at radius 3 is 2.45 bits per heavy atom. The van der Waals surface area contributed by atoms with Gasteiger partial charge in [0, 0.05) is 24.0 Å². The van der Waals surface area contributed by atoms with Crippen molar-refractivity contribution >= 4 is 23.8 Å². The minimum atomic E-state index is -0.689. The zero-order valence-corrected chi connectivity index (χ0v) is 17.8. The summed E-state index contributed by atoms with van der Waals surface area (Å²) < 4.78 is 10.9. The van der Waals surface area contributed by atoms with Crippen LogP contribution in [0.5, 0.6) is 11.5 Å². The summed E-state index contributed by atoms with van der Waals surface area (Å²) in [5, 5.41) is 14.7. The molecule has 10 nitrogen and oxygen atoms in total. The van der Waals surface area contributed by atoms with Gasteiger partial charge in [0.2, 0.25) is 0 Å². The number of esters is 1. The Labute approximate surface area is 189 Å². The summed E-state index contributed by atoms with van der Waals surface area (Å²) in [5.74, 6) is -0.624. The number of non-ortho nitro benzene ring substituents is 1. The quantitative estimate of drug-likeness (QED) is 0.183. The first-order chi connectivity index (χ1) is 15.9. The highest BCUT2D eigenvalue weighted by Crippen LogP contribution is 2.29. The van der Waals surface area contributed by atoms with E-state index >= 15 is 0 Å². The Morgan fingerprint density at radius 2 is 1.82 bits per heavy atom. The predicted molar refractivity (Wildman–Crippen MR) is 120 cm³/mol. The van der Waals surface area contributed by atoms with E-state index in [4.69, 9.17) is 9.47 Å². The molecular weight excluding hydrogens is 428 g/mol. The standard InChI is InChI=1S/C23H20N4O6/c1-3-32-21-12-16(13-25-26-22(28)18-6-4-15(2)24-14-18)5-11-20(21)33-23(29)17-7-9-19(10-8-17)27(30)31/h4-14H,3H2,1-2H3,(H,26,28). The molecule has 2 aromatic carbocycles. The first-order valence-corrected chi connectivity index (χ1v) is 9.87. The van der Waals surface area contributed by atoms with E-state index in [0.717, 1.165) is 5.69 Å². The molecule has 1 N–H and O–H groups in total. The van der Waals surface area contributed by atoms with Crippen LogP contribution in [-0.4, -0.2) is 34.6 Å². The lowest BCUT2D eigenvalue weighted by Gasteiger charge is -2.11. The molecule has 0 aliphatic heterocycles. The molecule has 0 fully saturated rings. The van der Waals surface area contributed by atoms with Gasteiger partial charge in [-0.05, 0) is 61.9 Å². The summed E-state index contributed by atoms with van der Waals surface area (Å²) in [5.41, 5.74) is 4.21. The molecule has 168 valence electrons. The molecule has 0 aliphatic rings. The normalized spacial score (nSPS) is 10.6. The number of aromatic nitrogens is 1. The third kappa shape index (κ3) is 6.20. The first-order valence-electron chi connectivity index (χ1n) is 9.87. The summed E-state index contributed by atoms with van der Waals surface area (Å²) in [7, 11) is 0. The largest absolute Gasteiger partial charge is 0.490 e. The fourth-order valence-corrected chi connectivity index (χ4v) is 2.67. The summed E-state index contributed by atoms with van der Waals surface area (Å²) in [6.45, 7) is 3.92. The molecular formula is C23H20N4O6. The molecule has 0 saturated carbocycles. The zero-order valence-electron chi connectivity index (χ0n) is 17.8. The lowest BCUT2D eigenvalue weighted by Crippen LogP contribution is -2.17. The number of carbonyl (C=O) groups is 2. The van der Waals surface area contributed by atoms with Crippen LogP contribution >= 0.6 is 0 Å². The van der Waals surface area contributed by atoms with Gasteiger partial charge in [0.25, 0.3) is 11.6 Å². The van der Waals surface area contributed by atoms with E-state index in [9.17, 15) is 19.7 Å². The number of pyridine rings is 1. The number of hydrogen-bond donors (Lipinski definition) is 1. The number of benzene rings is 2. The molecule has 3 aromatic rings. The second kappa shape index (κ2) is 10.6. The van der Waals surface area contributed by atoms with Crippen LogP contribution in [0.25, 0.3) is 0 Å². The van der Waals surface area contributed by atoms with Crippen molar-refractivity contribution in [1.29, 1.82) is 0 Å². The maximum Gasteiger partial charge on any atom is 0.343 e. The highest BCUT2D eigenvalue weighted by Gasteiger charge is 2.15. The van der Waals surface area contributed by atoms with Crippen molar-refractivity contribution < 1.29 is 24.0 Å². The van der Waals surface area contributed by atoms with Crippen molar-refractivity contribution in [3.05, 3.63) is 93.3 Å². The lowest BCUT2D eigenvalue weighted by atomic mass is 10.2. The summed E-state index contributed by atoms with van der Waals surface area (Å²) in [4.78, 5) is 38.8. The maximum atomic E-state index is 12.4. The van der Waals surface area contributed by atoms with E-state index in [1.807, 2.05) is 6.92 Å². The SMILES string of the molecule is CCOc1cc(C=NNC(=O)c2ccc(C)nc2)ccc1OC(=O)c1ccc([N+](=O)[O-])cc1. The first kappa shape index (κ1) is 23.1. The Bertz CT molecular complexity index is 1190. The van der Waals surface area contributed by atoms with Crippen molar-refractivity contribution in [2.24, 2.45) is 5.10 Å². The monoisotopic (exact) mass is 448 g/mol. The van der Waals surface area contributed by atoms with Gasteiger partial charge in [0.15, 0.2) is 11.5 Å². The van der Waals surface area contributed by atoms with Gasteiger partial charge in [-0.3, -0.25) is 19.9 Å². The van der Waals surface area contributed by atoms with Gasteiger partial charge in [-0.15, -0.1) is 0 Å². The number of hydrazone groups is 1. The van der Waals surface area contributed by atoms with E-state index in [0.29, 0.717) is 23.5 Å². The van der Waals surface area contributed by atoms with Crippen LogP contribution in [-0.2, 0) is 0 Å². The number of ether oxygens (including phenoxy) is 2. The summed E-state index contributed by atoms with van der Waals surface area (Å²) >= 11 is 0. The number of nitrogens with one attached hydrogen (secondary N) is 1. The minimum absolute atomic E-state index is 0.129. The molecule has 0 atom stereocenters. The molecule has 0 radical (unpaired) electrons. The van der Waals surface area contributed by atoms with Crippen LogP contribution in [0.2, 0.25) is 0 Å². The van der Waals surface area contributed by atoms with Gasteiger partial charge in [-0.1, -0.05) is 0 Å². The number of nitrogens with zero attached hydrogens (tertiary/aromatic N) is 3. The van der Waals surface area contributed by atoms with Crippen molar-refractivity contribution in [1.82, 2.24) is 10.4 Å². The second-order valence-corrected chi connectivity index (χ2v) is 6.72. The molecule has 1 aromatic heterocycles. The highest BCUT2D eigenvalue weighted by atomic mass is 16.6. The highest BCUT2D eigenvalue weighted by molar-refractivity contribution is 5.95. The van der Waals surface area contributed by atoms with Crippen molar-refractivity contribution in [2.45, 2.75) is 13.8 Å². The van der Waals surface area contributed by atoms with Gasteiger partial charge < -0.3 is 9.47 Å². The van der Waals surface area contributed by atoms with Gasteiger partial charge in [0.1, 0.15) is 0 Å². The van der Waals surface area contributed by atoms with E-state index in [2.05, 4.69) is 15.5 Å². The molecule has 33 heavy (non-hydrogen) atoms. The lowest BCUT2D eigenvalue weighted by molar-refractivity contribution is -0.384. The number of nitro groups is 1. The Morgan fingerprint density at radius 1 is 1.09 bits per heavy atom. The number of nitro benzene ring substituents is 1. The van der Waals surface area contributed by atoms with E-state index in [-0.39, 0.29) is 17.0 Å². The molecule has 0 unspecified atom stereocenters. The van der Waals surface area contributed by atoms with Crippen molar-refractivity contribution in [3.8, 4) is 11.5 Å². The van der Waals surface area contributed by atoms with Crippen LogP contribution in [0.15, 0.2) is 65.9 Å². The average Bonchev–Trinajstić information content (AvgIpc) is 2.81. The van der Waals surface area contributed by atoms with Crippen LogP contribution in [0.3, 0.4) is 0 Å². The average molecular weight is 448 g/mol. The predicted octanol–water partition coefficient (Wildman–Crippen LogP) is 3.68. The van der Waals surface area contributed by atoms with Crippen LogP contribution in [0, 0.1) is 17.0 Å². The third-order valence-corrected chi connectivity index (χ3v) is 4.34. The van der Waals surface area contributed by atoms with Gasteiger partial charge in [-0.2, -0.15) is 5.10 Å². The van der Waals surface area contributed by atoms with Crippen LogP contribution in [0.1, 0.15) is 38.9 Å². The van der Waals surface area contributed by atoms with Gasteiger partial charge in [-0.25, -0.2) is 10.2 Å². The molecule has 10 heteroatoms. The molecule has 0 spiro atoms.